The van der Waals surface area contributed by atoms with E-state index in [1.165, 1.54) is 66.7 Å². The number of para-hydroxylation sites is 2. The van der Waals surface area contributed by atoms with Crippen LogP contribution in [-0.4, -0.2) is 14.8 Å². The molecule has 2 aliphatic heterocycles. The van der Waals surface area contributed by atoms with Crippen LogP contribution < -0.4 is 36.3 Å². The van der Waals surface area contributed by atoms with E-state index in [-0.39, 0.29) is 12.1 Å². The molecule has 0 spiro atoms. The van der Waals surface area contributed by atoms with Crippen LogP contribution in [0.2, 0.25) is 19.6 Å². The molecule has 0 fully saturated rings. The number of rotatable bonds is 6. The highest BCUT2D eigenvalue weighted by Gasteiger charge is 2.44. The normalized spacial score (nSPS) is 13.3. The van der Waals surface area contributed by atoms with Gasteiger partial charge >= 0.3 is 0 Å². The van der Waals surface area contributed by atoms with E-state index in [0.29, 0.717) is 0 Å². The van der Waals surface area contributed by atoms with Crippen molar-refractivity contribution in [3.05, 3.63) is 187 Å². The topological polar surface area (TPSA) is 22.9 Å². The van der Waals surface area contributed by atoms with E-state index >= 15 is 0 Å². The van der Waals surface area contributed by atoms with Gasteiger partial charge in [0.05, 0.1) is 8.07 Å². The summed E-state index contributed by atoms with van der Waals surface area (Å²) in [6.07, 6.45) is 0. The summed E-state index contributed by atoms with van der Waals surface area (Å²) in [5.74, 6) is 0. The van der Waals surface area contributed by atoms with Crippen LogP contribution in [0.5, 0.6) is 0 Å². The monoisotopic (exact) mass is 833 g/mol. The van der Waals surface area contributed by atoms with Crippen molar-refractivity contribution in [3.8, 4) is 0 Å². The van der Waals surface area contributed by atoms with Gasteiger partial charge in [-0.2, -0.15) is 0 Å². The molecule has 308 valence electrons. The van der Waals surface area contributed by atoms with Gasteiger partial charge in [0.25, 0.3) is 6.71 Å². The molecule has 9 aromatic rings. The molecule has 0 saturated heterocycles. The highest BCUT2D eigenvalue weighted by molar-refractivity contribution is 7.00. The lowest BCUT2D eigenvalue weighted by molar-refractivity contribution is 0.590. The molecule has 3 heterocycles. The maximum atomic E-state index is 6.35. The van der Waals surface area contributed by atoms with Crippen LogP contribution in [0, 0.1) is 13.8 Å². The first-order valence-corrected chi connectivity index (χ1v) is 25.8. The van der Waals surface area contributed by atoms with Gasteiger partial charge in [-0.3, -0.25) is 0 Å². The minimum Gasteiger partial charge on any atom is -0.456 e. The zero-order valence-electron chi connectivity index (χ0n) is 37.5. The Morgan fingerprint density at radius 2 is 1.10 bits per heavy atom. The summed E-state index contributed by atoms with van der Waals surface area (Å²) in [4.78, 5) is 7.52. The number of hydrogen-bond donors (Lipinski definition) is 0. The van der Waals surface area contributed by atoms with Crippen molar-refractivity contribution in [1.29, 1.82) is 0 Å². The lowest BCUT2D eigenvalue weighted by atomic mass is 9.33. The van der Waals surface area contributed by atoms with Gasteiger partial charge in [0, 0.05) is 62.0 Å². The maximum Gasteiger partial charge on any atom is 0.252 e. The van der Waals surface area contributed by atoms with E-state index in [4.69, 9.17) is 4.42 Å². The summed E-state index contributed by atoms with van der Waals surface area (Å²) < 4.78 is 6.35. The zero-order valence-corrected chi connectivity index (χ0v) is 38.5. The van der Waals surface area contributed by atoms with Gasteiger partial charge in [0.1, 0.15) is 11.2 Å². The van der Waals surface area contributed by atoms with Gasteiger partial charge in [0.15, 0.2) is 0 Å². The van der Waals surface area contributed by atoms with Gasteiger partial charge in [-0.1, -0.05) is 136 Å². The van der Waals surface area contributed by atoms with Crippen molar-refractivity contribution in [2.75, 3.05) is 14.7 Å². The van der Waals surface area contributed by atoms with Gasteiger partial charge in [-0.25, -0.2) is 0 Å². The van der Waals surface area contributed by atoms with Crippen LogP contribution in [0.25, 0.3) is 21.9 Å². The molecule has 11 rings (SSSR count). The average Bonchev–Trinajstić information content (AvgIpc) is 3.65. The van der Waals surface area contributed by atoms with E-state index in [1.807, 2.05) is 6.07 Å². The Labute approximate surface area is 373 Å². The van der Waals surface area contributed by atoms with Crippen LogP contribution in [0.15, 0.2) is 174 Å². The van der Waals surface area contributed by atoms with Crippen LogP contribution in [-0.2, 0) is 5.41 Å². The molecular weight excluding hydrogens is 782 g/mol. The number of furan rings is 1. The first-order valence-electron chi connectivity index (χ1n) is 22.3. The standard InChI is InChI=1S/C57H52BN3OSi/c1-37-18-23-42(24-19-37)60-50-30-20-38(2)32-49(50)58-48-29-27-44(34-51(48)61(40-14-10-9-11-15-40)53-36-45(63(6,7)8)35-52(60)56(53)58)59(41-25-21-39(22-26-41)57(3,4)5)43-28-31-55-47(33-43)46-16-12-13-17-54(46)62-55/h9-36H,1-8H3. The molecule has 0 aliphatic carbocycles. The number of fused-ring (bicyclic) bond motifs is 7. The summed E-state index contributed by atoms with van der Waals surface area (Å²) >= 11 is 0. The molecular formula is C57H52BN3OSi. The van der Waals surface area contributed by atoms with E-state index in [9.17, 15) is 0 Å². The fraction of sp³-hybridized carbons (Fsp3) is 0.158. The molecule has 1 aromatic heterocycles. The Morgan fingerprint density at radius 3 is 1.81 bits per heavy atom. The summed E-state index contributed by atoms with van der Waals surface area (Å²) in [6.45, 7) is 18.7. The maximum absolute atomic E-state index is 6.35. The fourth-order valence-electron chi connectivity index (χ4n) is 9.92. The molecule has 0 unspecified atom stereocenters. The second kappa shape index (κ2) is 14.4. The molecule has 0 atom stereocenters. The Kier molecular flexibility index (Phi) is 8.94. The number of aryl methyl sites for hydroxylation is 2. The largest absolute Gasteiger partial charge is 0.456 e. The predicted octanol–water partition coefficient (Wildman–Crippen LogP) is 13.6. The molecule has 0 N–H and O–H groups in total. The molecule has 8 aromatic carbocycles. The Morgan fingerprint density at radius 1 is 0.492 bits per heavy atom. The van der Waals surface area contributed by atoms with E-state index in [0.717, 1.165) is 44.7 Å². The fourth-order valence-corrected chi connectivity index (χ4v) is 11.1. The number of hydrogen-bond acceptors (Lipinski definition) is 4. The van der Waals surface area contributed by atoms with Crippen LogP contribution in [0.4, 0.5) is 51.2 Å². The minimum atomic E-state index is -1.84. The summed E-state index contributed by atoms with van der Waals surface area (Å²) in [6, 6.07) is 63.6. The summed E-state index contributed by atoms with van der Waals surface area (Å²) in [5, 5.41) is 3.66. The number of nitrogens with zero attached hydrogens (tertiary/aromatic N) is 3. The average molecular weight is 834 g/mol. The Balaban J connectivity index is 1.19. The summed E-state index contributed by atoms with van der Waals surface area (Å²) in [5.41, 5.74) is 20.2. The van der Waals surface area contributed by atoms with E-state index in [2.05, 4.69) is 233 Å². The SMILES string of the molecule is Cc1ccc(N2c3ccc(C)cc3B3c4ccc(N(c5ccc(C(C)(C)C)cc5)c5ccc6oc7ccccc7c6c5)cc4N(c4ccccc4)c4cc([Si](C)(C)C)cc2c43)cc1. The third kappa shape index (κ3) is 6.50. The van der Waals surface area contributed by atoms with Crippen LogP contribution in [0.1, 0.15) is 37.5 Å². The Hall–Kier alpha value is -6.76. The second-order valence-electron chi connectivity index (χ2n) is 19.7. The van der Waals surface area contributed by atoms with Gasteiger partial charge in [0.2, 0.25) is 0 Å². The zero-order chi connectivity index (χ0) is 43.4. The van der Waals surface area contributed by atoms with Crippen molar-refractivity contribution in [3.63, 3.8) is 0 Å². The van der Waals surface area contributed by atoms with Crippen molar-refractivity contribution in [2.24, 2.45) is 0 Å². The van der Waals surface area contributed by atoms with Crippen molar-refractivity contribution in [1.82, 2.24) is 0 Å². The smallest absolute Gasteiger partial charge is 0.252 e. The Bertz CT molecular complexity index is 3230. The van der Waals surface area contributed by atoms with Crippen molar-refractivity contribution in [2.45, 2.75) is 59.7 Å². The molecule has 6 heteroatoms. The summed E-state index contributed by atoms with van der Waals surface area (Å²) in [7, 11) is -1.84. The lowest BCUT2D eigenvalue weighted by Gasteiger charge is -2.45. The van der Waals surface area contributed by atoms with Gasteiger partial charge in [-0.05, 0) is 132 Å². The third-order valence-electron chi connectivity index (χ3n) is 13.2. The van der Waals surface area contributed by atoms with Gasteiger partial charge < -0.3 is 19.1 Å². The predicted molar refractivity (Wildman–Crippen MR) is 274 cm³/mol. The molecule has 2 aliphatic rings. The highest BCUT2D eigenvalue weighted by Crippen LogP contribution is 2.46. The lowest BCUT2D eigenvalue weighted by Crippen LogP contribution is -2.62. The highest BCUT2D eigenvalue weighted by atomic mass is 28.3. The second-order valence-corrected chi connectivity index (χ2v) is 24.7. The number of benzene rings is 8. The van der Waals surface area contributed by atoms with Crippen LogP contribution in [0.3, 0.4) is 0 Å². The van der Waals surface area contributed by atoms with Crippen molar-refractivity contribution >= 4 is 109 Å². The van der Waals surface area contributed by atoms with Crippen LogP contribution >= 0.6 is 0 Å². The molecule has 0 bridgehead atoms. The van der Waals surface area contributed by atoms with Crippen molar-refractivity contribution < 1.29 is 4.42 Å². The molecule has 63 heavy (non-hydrogen) atoms. The number of anilines is 9. The van der Waals surface area contributed by atoms with Gasteiger partial charge in [-0.15, -0.1) is 0 Å². The first kappa shape index (κ1) is 39.1. The molecule has 0 saturated carbocycles. The molecule has 4 nitrogen and oxygen atoms in total. The van der Waals surface area contributed by atoms with E-state index in [1.54, 1.807) is 0 Å². The van der Waals surface area contributed by atoms with E-state index < -0.39 is 8.07 Å². The minimum absolute atomic E-state index is 0.0273. The molecule has 0 radical (unpaired) electrons. The quantitative estimate of drug-likeness (QED) is 0.156. The third-order valence-corrected chi connectivity index (χ3v) is 15.3. The first-order chi connectivity index (χ1) is 30.3. The molecule has 0 amide bonds.